The van der Waals surface area contributed by atoms with E-state index in [0.717, 1.165) is 0 Å². The van der Waals surface area contributed by atoms with E-state index in [9.17, 15) is 0 Å². The second kappa shape index (κ2) is 4.69. The smallest absolute Gasteiger partial charge is 0.149 e. The quantitative estimate of drug-likeness (QED) is 0.791. The molecule has 0 aromatic carbocycles. The molecule has 0 N–H and O–H groups in total. The molecule has 2 heterocycles. The lowest BCUT2D eigenvalue weighted by Gasteiger charge is -2.49. The van der Waals surface area contributed by atoms with Crippen molar-refractivity contribution in [3.8, 4) is 0 Å². The van der Waals surface area contributed by atoms with Crippen molar-refractivity contribution >= 4 is 0 Å². The van der Waals surface area contributed by atoms with Gasteiger partial charge in [0.25, 0.3) is 0 Å². The number of ether oxygens (including phenoxy) is 4. The molecular weight excluding hydrogens is 244 g/mol. The van der Waals surface area contributed by atoms with Crippen molar-refractivity contribution in [2.24, 2.45) is 0 Å². The van der Waals surface area contributed by atoms with E-state index in [0.29, 0.717) is 13.2 Å². The van der Waals surface area contributed by atoms with Gasteiger partial charge in [0.05, 0.1) is 30.5 Å². The molecule has 1 unspecified atom stereocenters. The lowest BCUT2D eigenvalue weighted by atomic mass is 9.85. The first kappa shape index (κ1) is 15.2. The van der Waals surface area contributed by atoms with Gasteiger partial charge in [0, 0.05) is 0 Å². The van der Waals surface area contributed by atoms with Crippen LogP contribution in [-0.4, -0.2) is 48.3 Å². The van der Waals surface area contributed by atoms with Gasteiger partial charge in [-0.2, -0.15) is 0 Å². The monoisotopic (exact) mass is 272 g/mol. The van der Waals surface area contributed by atoms with E-state index >= 15 is 0 Å². The molecule has 2 fully saturated rings. The van der Waals surface area contributed by atoms with Gasteiger partial charge in [0.2, 0.25) is 0 Å². The van der Waals surface area contributed by atoms with Crippen molar-refractivity contribution in [3.05, 3.63) is 0 Å². The van der Waals surface area contributed by atoms with Crippen molar-refractivity contribution in [3.63, 3.8) is 0 Å². The second-order valence-corrected chi connectivity index (χ2v) is 7.65. The van der Waals surface area contributed by atoms with Gasteiger partial charge >= 0.3 is 0 Å². The predicted molar refractivity (Wildman–Crippen MR) is 73.3 cm³/mol. The lowest BCUT2D eigenvalue weighted by molar-refractivity contribution is -0.292. The molecule has 0 aromatic rings. The van der Waals surface area contributed by atoms with Crippen LogP contribution >= 0.6 is 0 Å². The Morgan fingerprint density at radius 1 is 1.11 bits per heavy atom. The fourth-order valence-corrected chi connectivity index (χ4v) is 2.83. The summed E-state index contributed by atoms with van der Waals surface area (Å²) in [6.45, 7) is 15.6. The molecule has 0 amide bonds. The number of rotatable bonds is 3. The highest BCUT2D eigenvalue weighted by atomic mass is 16.7. The van der Waals surface area contributed by atoms with Crippen LogP contribution in [0.4, 0.5) is 0 Å². The summed E-state index contributed by atoms with van der Waals surface area (Å²) in [5, 5.41) is 0. The standard InChI is InChI=1S/C15H28O4/c1-10-12-15(9-16-12,19-14(5,6)7)11(18-10)8-17-13(2,3)4/h10-12H,8-9H2,1-7H3/t10-,11+,12?,15-/m0/s1. The SMILES string of the molecule is C[C@@H]1O[C@H](COC(C)(C)C)[C@@]2(OC(C)(C)C)COC12. The summed E-state index contributed by atoms with van der Waals surface area (Å²) in [6, 6.07) is 0. The molecule has 2 aliphatic heterocycles. The third-order valence-corrected chi connectivity index (χ3v) is 3.48. The number of hydrogen-bond donors (Lipinski definition) is 0. The van der Waals surface area contributed by atoms with Crippen LogP contribution in [0.3, 0.4) is 0 Å². The third kappa shape index (κ3) is 3.13. The van der Waals surface area contributed by atoms with Gasteiger partial charge in [-0.25, -0.2) is 0 Å². The Balaban J connectivity index is 2.09. The van der Waals surface area contributed by atoms with E-state index in [1.165, 1.54) is 0 Å². The van der Waals surface area contributed by atoms with Gasteiger partial charge < -0.3 is 18.9 Å². The average molecular weight is 272 g/mol. The van der Waals surface area contributed by atoms with E-state index in [-0.39, 0.29) is 35.1 Å². The molecule has 0 bridgehead atoms. The summed E-state index contributed by atoms with van der Waals surface area (Å²) < 4.78 is 23.9. The van der Waals surface area contributed by atoms with Gasteiger partial charge in [-0.3, -0.25) is 0 Å². The average Bonchev–Trinajstić information content (AvgIpc) is 2.31. The first-order valence-corrected chi connectivity index (χ1v) is 7.15. The van der Waals surface area contributed by atoms with E-state index in [1.54, 1.807) is 0 Å². The Bertz CT molecular complexity index is 328. The maximum atomic E-state index is 6.30. The molecule has 2 saturated heterocycles. The van der Waals surface area contributed by atoms with Gasteiger partial charge in [-0.15, -0.1) is 0 Å². The maximum Gasteiger partial charge on any atom is 0.149 e. The summed E-state index contributed by atoms with van der Waals surface area (Å²) >= 11 is 0. The Labute approximate surface area is 116 Å². The summed E-state index contributed by atoms with van der Waals surface area (Å²) in [6.07, 6.45) is 0.0321. The fraction of sp³-hybridized carbons (Fsp3) is 1.00. The largest absolute Gasteiger partial charge is 0.373 e. The maximum absolute atomic E-state index is 6.30. The van der Waals surface area contributed by atoms with Crippen LogP contribution in [0.15, 0.2) is 0 Å². The summed E-state index contributed by atoms with van der Waals surface area (Å²) in [5.74, 6) is 0. The number of fused-ring (bicyclic) bond motifs is 1. The van der Waals surface area contributed by atoms with E-state index < -0.39 is 0 Å². The van der Waals surface area contributed by atoms with Crippen molar-refractivity contribution in [2.45, 2.75) is 83.6 Å². The van der Waals surface area contributed by atoms with Crippen LogP contribution < -0.4 is 0 Å². The molecule has 2 aliphatic rings. The zero-order chi connectivity index (χ0) is 14.5. The third-order valence-electron chi connectivity index (χ3n) is 3.48. The molecule has 0 aliphatic carbocycles. The highest BCUT2D eigenvalue weighted by molar-refractivity contribution is 5.11. The van der Waals surface area contributed by atoms with Crippen LogP contribution in [-0.2, 0) is 18.9 Å². The van der Waals surface area contributed by atoms with Crippen LogP contribution in [0.2, 0.25) is 0 Å². The zero-order valence-corrected chi connectivity index (χ0v) is 13.3. The fourth-order valence-electron chi connectivity index (χ4n) is 2.83. The molecule has 0 radical (unpaired) electrons. The van der Waals surface area contributed by atoms with Crippen molar-refractivity contribution in [2.75, 3.05) is 13.2 Å². The first-order chi connectivity index (χ1) is 8.54. The Morgan fingerprint density at radius 3 is 2.16 bits per heavy atom. The van der Waals surface area contributed by atoms with Crippen molar-refractivity contribution in [1.82, 2.24) is 0 Å². The van der Waals surface area contributed by atoms with Crippen molar-refractivity contribution in [1.29, 1.82) is 0 Å². The molecule has 4 nitrogen and oxygen atoms in total. The molecule has 112 valence electrons. The van der Waals surface area contributed by atoms with Gasteiger partial charge in [0.15, 0.2) is 0 Å². The Hall–Kier alpha value is -0.160. The topological polar surface area (TPSA) is 36.9 Å². The van der Waals surface area contributed by atoms with Gasteiger partial charge in [-0.1, -0.05) is 0 Å². The van der Waals surface area contributed by atoms with Crippen LogP contribution in [0.1, 0.15) is 48.5 Å². The van der Waals surface area contributed by atoms with Crippen LogP contribution in [0.25, 0.3) is 0 Å². The highest BCUT2D eigenvalue weighted by Gasteiger charge is 2.65. The van der Waals surface area contributed by atoms with E-state index in [2.05, 4.69) is 41.5 Å². The molecule has 2 rings (SSSR count). The predicted octanol–water partition coefficient (Wildman–Crippen LogP) is 2.54. The summed E-state index contributed by atoms with van der Waals surface area (Å²) in [5.41, 5.74) is -0.726. The normalized spacial score (nSPS) is 39.0. The van der Waals surface area contributed by atoms with Gasteiger partial charge in [-0.05, 0) is 48.5 Å². The summed E-state index contributed by atoms with van der Waals surface area (Å²) in [4.78, 5) is 0. The summed E-state index contributed by atoms with van der Waals surface area (Å²) in [7, 11) is 0. The van der Waals surface area contributed by atoms with E-state index in [1.807, 2.05) is 6.92 Å². The number of hydrogen-bond acceptors (Lipinski definition) is 4. The molecule has 4 heteroatoms. The minimum Gasteiger partial charge on any atom is -0.373 e. The zero-order valence-electron chi connectivity index (χ0n) is 13.3. The van der Waals surface area contributed by atoms with Gasteiger partial charge in [0.1, 0.15) is 17.8 Å². The second-order valence-electron chi connectivity index (χ2n) is 7.65. The Kier molecular flexibility index (Phi) is 3.76. The molecule has 0 aromatic heterocycles. The molecule has 4 atom stereocenters. The highest BCUT2D eigenvalue weighted by Crippen LogP contribution is 2.46. The molecule has 0 spiro atoms. The first-order valence-electron chi connectivity index (χ1n) is 7.15. The van der Waals surface area contributed by atoms with Crippen LogP contribution in [0, 0.1) is 0 Å². The molecular formula is C15H28O4. The minimum absolute atomic E-state index is 0.0280. The minimum atomic E-state index is -0.344. The van der Waals surface area contributed by atoms with E-state index in [4.69, 9.17) is 18.9 Å². The van der Waals surface area contributed by atoms with Crippen LogP contribution in [0.5, 0.6) is 0 Å². The van der Waals surface area contributed by atoms with Crippen molar-refractivity contribution < 1.29 is 18.9 Å². The Morgan fingerprint density at radius 2 is 1.74 bits per heavy atom. The molecule has 19 heavy (non-hydrogen) atoms. The molecule has 0 saturated carbocycles. The lowest BCUT2D eigenvalue weighted by Crippen LogP contribution is -2.66.